The molecule has 1 aromatic heterocycles. The van der Waals surface area contributed by atoms with E-state index in [1.54, 1.807) is 13.0 Å². The number of anilines is 2. The highest BCUT2D eigenvalue weighted by atomic mass is 19.4. The molecule has 2 rings (SSSR count). The summed E-state index contributed by atoms with van der Waals surface area (Å²) in [4.78, 5) is 15.9. The van der Waals surface area contributed by atoms with Crippen LogP contribution in [0.1, 0.15) is 16.8 Å². The van der Waals surface area contributed by atoms with Crippen molar-refractivity contribution in [3.05, 3.63) is 53.2 Å². The van der Waals surface area contributed by atoms with Crippen LogP contribution < -0.4 is 10.6 Å². The van der Waals surface area contributed by atoms with Gasteiger partial charge in [0.2, 0.25) is 0 Å². The first-order valence-corrected chi connectivity index (χ1v) is 6.44. The van der Waals surface area contributed by atoms with Crippen LogP contribution in [-0.4, -0.2) is 11.0 Å². The van der Waals surface area contributed by atoms with Gasteiger partial charge in [0.15, 0.2) is 0 Å². The SMILES string of the molecule is Cc1cc(C)nc(NC(=O)Nc2cccc(C(F)(F)F)c2)c1. The Labute approximate surface area is 125 Å². The van der Waals surface area contributed by atoms with Crippen LogP contribution in [-0.2, 0) is 6.18 Å². The fraction of sp³-hybridized carbons (Fsp3) is 0.200. The smallest absolute Gasteiger partial charge is 0.308 e. The Balaban J connectivity index is 2.09. The number of benzene rings is 1. The number of halogens is 3. The number of carbonyl (C=O) groups excluding carboxylic acids is 1. The zero-order valence-corrected chi connectivity index (χ0v) is 12.0. The van der Waals surface area contributed by atoms with Gasteiger partial charge in [-0.3, -0.25) is 5.32 Å². The average Bonchev–Trinajstić information content (AvgIpc) is 2.36. The molecule has 0 saturated heterocycles. The standard InChI is InChI=1S/C15H14F3N3O/c1-9-6-10(2)19-13(7-9)21-14(22)20-12-5-3-4-11(8-12)15(16,17)18/h3-8H,1-2H3,(H2,19,20,21,22). The van der Waals surface area contributed by atoms with Crippen LogP contribution in [0.2, 0.25) is 0 Å². The zero-order chi connectivity index (χ0) is 16.3. The summed E-state index contributed by atoms with van der Waals surface area (Å²) in [5.41, 5.74) is 0.878. The minimum Gasteiger partial charge on any atom is -0.308 e. The van der Waals surface area contributed by atoms with Crippen molar-refractivity contribution < 1.29 is 18.0 Å². The lowest BCUT2D eigenvalue weighted by Crippen LogP contribution is -2.20. The first-order chi connectivity index (χ1) is 10.2. The number of nitrogens with one attached hydrogen (secondary N) is 2. The van der Waals surface area contributed by atoms with E-state index in [4.69, 9.17) is 0 Å². The molecule has 22 heavy (non-hydrogen) atoms. The highest BCUT2D eigenvalue weighted by Crippen LogP contribution is 2.30. The van der Waals surface area contributed by atoms with Crippen molar-refractivity contribution in [3.63, 3.8) is 0 Å². The van der Waals surface area contributed by atoms with Crippen LogP contribution in [0.5, 0.6) is 0 Å². The summed E-state index contributed by atoms with van der Waals surface area (Å²) in [6.07, 6.45) is -4.45. The van der Waals surface area contributed by atoms with Crippen molar-refractivity contribution in [2.45, 2.75) is 20.0 Å². The van der Waals surface area contributed by atoms with E-state index >= 15 is 0 Å². The molecule has 0 spiro atoms. The molecular weight excluding hydrogens is 295 g/mol. The molecule has 1 heterocycles. The van der Waals surface area contributed by atoms with E-state index in [0.717, 1.165) is 23.4 Å². The number of hydrogen-bond donors (Lipinski definition) is 2. The number of hydrogen-bond acceptors (Lipinski definition) is 2. The molecule has 0 aliphatic rings. The van der Waals surface area contributed by atoms with Crippen molar-refractivity contribution in [2.75, 3.05) is 10.6 Å². The van der Waals surface area contributed by atoms with Gasteiger partial charge in [-0.2, -0.15) is 13.2 Å². The van der Waals surface area contributed by atoms with Gasteiger partial charge in [0, 0.05) is 11.4 Å². The fourth-order valence-electron chi connectivity index (χ4n) is 1.96. The van der Waals surface area contributed by atoms with Gasteiger partial charge in [0.25, 0.3) is 0 Å². The topological polar surface area (TPSA) is 54.0 Å². The number of aromatic nitrogens is 1. The Morgan fingerprint density at radius 3 is 2.45 bits per heavy atom. The lowest BCUT2D eigenvalue weighted by atomic mass is 10.2. The van der Waals surface area contributed by atoms with Gasteiger partial charge in [0.05, 0.1) is 5.56 Å². The van der Waals surface area contributed by atoms with Crippen LogP contribution in [0.3, 0.4) is 0 Å². The maximum absolute atomic E-state index is 12.6. The molecule has 2 aromatic rings. The third-order valence-electron chi connectivity index (χ3n) is 2.79. The molecule has 0 bridgehead atoms. The molecule has 0 aliphatic heterocycles. The van der Waals surface area contributed by atoms with Crippen LogP contribution in [0.4, 0.5) is 29.5 Å². The largest absolute Gasteiger partial charge is 0.416 e. The number of amides is 2. The third kappa shape index (κ3) is 4.21. The number of carbonyl (C=O) groups is 1. The summed E-state index contributed by atoms with van der Waals surface area (Å²) >= 11 is 0. The van der Waals surface area contributed by atoms with Crippen LogP contribution in [0.25, 0.3) is 0 Å². The molecule has 7 heteroatoms. The second-order valence-electron chi connectivity index (χ2n) is 4.83. The van der Waals surface area contributed by atoms with Crippen molar-refractivity contribution in [3.8, 4) is 0 Å². The van der Waals surface area contributed by atoms with Gasteiger partial charge in [-0.15, -0.1) is 0 Å². The van der Waals surface area contributed by atoms with Gasteiger partial charge in [0.1, 0.15) is 5.82 Å². The maximum atomic E-state index is 12.6. The Bertz CT molecular complexity index is 678. The molecule has 0 atom stereocenters. The van der Waals surface area contributed by atoms with Crippen LogP contribution >= 0.6 is 0 Å². The van der Waals surface area contributed by atoms with E-state index in [-0.39, 0.29) is 5.69 Å². The van der Waals surface area contributed by atoms with Crippen LogP contribution in [0.15, 0.2) is 36.4 Å². The summed E-state index contributed by atoms with van der Waals surface area (Å²) in [6, 6.07) is 7.27. The van der Waals surface area contributed by atoms with E-state index in [0.29, 0.717) is 5.82 Å². The fourth-order valence-corrected chi connectivity index (χ4v) is 1.96. The van der Waals surface area contributed by atoms with Gasteiger partial charge in [-0.1, -0.05) is 6.07 Å². The normalized spacial score (nSPS) is 11.1. The van der Waals surface area contributed by atoms with Crippen molar-refractivity contribution in [2.24, 2.45) is 0 Å². The maximum Gasteiger partial charge on any atom is 0.416 e. The summed E-state index contributed by atoms with van der Waals surface area (Å²) in [7, 11) is 0. The lowest BCUT2D eigenvalue weighted by molar-refractivity contribution is -0.137. The summed E-state index contributed by atoms with van der Waals surface area (Å²) in [5, 5.41) is 4.84. The molecule has 0 fully saturated rings. The molecule has 1 aromatic carbocycles. The van der Waals surface area contributed by atoms with E-state index < -0.39 is 17.8 Å². The van der Waals surface area contributed by atoms with Gasteiger partial charge in [-0.05, 0) is 49.7 Å². The number of pyridine rings is 1. The first kappa shape index (κ1) is 15.8. The zero-order valence-electron chi connectivity index (χ0n) is 12.0. The predicted molar refractivity (Wildman–Crippen MR) is 77.8 cm³/mol. The number of aryl methyl sites for hydroxylation is 2. The molecule has 2 amide bonds. The molecule has 0 unspecified atom stereocenters. The van der Waals surface area contributed by atoms with Crippen molar-refractivity contribution >= 4 is 17.5 Å². The predicted octanol–water partition coefficient (Wildman–Crippen LogP) is 4.36. The van der Waals surface area contributed by atoms with E-state index in [2.05, 4.69) is 15.6 Å². The van der Waals surface area contributed by atoms with Gasteiger partial charge >= 0.3 is 12.2 Å². The van der Waals surface area contributed by atoms with Gasteiger partial charge < -0.3 is 5.32 Å². The minimum atomic E-state index is -4.45. The average molecular weight is 309 g/mol. The molecule has 0 saturated carbocycles. The molecule has 4 nitrogen and oxygen atoms in total. The monoisotopic (exact) mass is 309 g/mol. The molecule has 0 radical (unpaired) electrons. The second-order valence-corrected chi connectivity index (χ2v) is 4.83. The number of alkyl halides is 3. The van der Waals surface area contributed by atoms with E-state index in [1.807, 2.05) is 13.0 Å². The second kappa shape index (κ2) is 6.05. The van der Waals surface area contributed by atoms with Crippen molar-refractivity contribution in [1.29, 1.82) is 0 Å². The number of nitrogens with zero attached hydrogens (tertiary/aromatic N) is 1. The highest BCUT2D eigenvalue weighted by Gasteiger charge is 2.30. The molecule has 2 N–H and O–H groups in total. The molecular formula is C15H14F3N3O. The first-order valence-electron chi connectivity index (χ1n) is 6.44. The minimum absolute atomic E-state index is 0.0525. The molecule has 0 aliphatic carbocycles. The number of rotatable bonds is 2. The van der Waals surface area contributed by atoms with Crippen molar-refractivity contribution in [1.82, 2.24) is 4.98 Å². The van der Waals surface area contributed by atoms with E-state index in [9.17, 15) is 18.0 Å². The Morgan fingerprint density at radius 1 is 1.09 bits per heavy atom. The highest BCUT2D eigenvalue weighted by molar-refractivity contribution is 5.99. The molecule has 116 valence electrons. The van der Waals surface area contributed by atoms with E-state index in [1.165, 1.54) is 12.1 Å². The summed E-state index contributed by atoms with van der Waals surface area (Å²) < 4.78 is 37.8. The Hall–Kier alpha value is -2.57. The summed E-state index contributed by atoms with van der Waals surface area (Å²) in [5.74, 6) is 0.335. The Morgan fingerprint density at radius 2 is 1.82 bits per heavy atom. The third-order valence-corrected chi connectivity index (χ3v) is 2.79. The number of urea groups is 1. The van der Waals surface area contributed by atoms with Gasteiger partial charge in [-0.25, -0.2) is 9.78 Å². The van der Waals surface area contributed by atoms with Crippen LogP contribution in [0, 0.1) is 13.8 Å². The lowest BCUT2D eigenvalue weighted by Gasteiger charge is -2.11. The summed E-state index contributed by atoms with van der Waals surface area (Å²) in [6.45, 7) is 3.63. The quantitative estimate of drug-likeness (QED) is 0.866. The Kier molecular flexibility index (Phi) is 4.35.